The Balaban J connectivity index is 2.01. The molecular weight excluding hydrogens is 224 g/mol. The molecule has 3 rings (SSSR count). The van der Waals surface area contributed by atoms with Crippen molar-refractivity contribution < 1.29 is 0 Å². The monoisotopic (exact) mass is 244 g/mol. The molecule has 1 fully saturated rings. The van der Waals surface area contributed by atoms with Crippen LogP contribution in [0.4, 0.5) is 5.82 Å². The summed E-state index contributed by atoms with van der Waals surface area (Å²) in [4.78, 5) is 4.44. The van der Waals surface area contributed by atoms with E-state index in [2.05, 4.69) is 49.2 Å². The molecule has 2 atom stereocenters. The Kier molecular flexibility index (Phi) is 2.37. The van der Waals surface area contributed by atoms with E-state index in [1.165, 1.54) is 6.42 Å². The second-order valence-electron chi connectivity index (χ2n) is 6.35. The summed E-state index contributed by atoms with van der Waals surface area (Å²) in [6.45, 7) is 8.80. The Labute approximate surface area is 107 Å². The lowest BCUT2D eigenvalue weighted by atomic mass is 9.92. The van der Waals surface area contributed by atoms with Crippen molar-refractivity contribution >= 4 is 11.3 Å². The van der Waals surface area contributed by atoms with Gasteiger partial charge >= 0.3 is 0 Å². The number of anilines is 1. The minimum atomic E-state index is 0.0656. The van der Waals surface area contributed by atoms with Gasteiger partial charge in [0, 0.05) is 23.9 Å². The summed E-state index contributed by atoms with van der Waals surface area (Å²) in [5, 5.41) is 8.13. The van der Waals surface area contributed by atoms with Gasteiger partial charge in [0.05, 0.1) is 5.69 Å². The maximum Gasteiger partial charge on any atom is 0.152 e. The number of rotatable bonds is 2. The molecule has 0 aromatic carbocycles. The molecule has 0 bridgehead atoms. The Hall–Kier alpha value is -1.58. The highest BCUT2D eigenvalue weighted by molar-refractivity contribution is 5.68. The topological polar surface area (TPSA) is 42.2 Å². The quantitative estimate of drug-likeness (QED) is 0.883. The highest BCUT2D eigenvalue weighted by atomic mass is 15.2. The van der Waals surface area contributed by atoms with Crippen molar-refractivity contribution in [2.24, 2.45) is 5.92 Å². The number of hydrogen-bond donors (Lipinski definition) is 1. The molecule has 96 valence electrons. The Morgan fingerprint density at radius 3 is 2.72 bits per heavy atom. The predicted octanol–water partition coefficient (Wildman–Crippen LogP) is 2.85. The van der Waals surface area contributed by atoms with Crippen LogP contribution < -0.4 is 5.32 Å². The first-order valence-corrected chi connectivity index (χ1v) is 6.56. The number of nitrogens with one attached hydrogen (secondary N) is 1. The first kappa shape index (κ1) is 11.5. The van der Waals surface area contributed by atoms with Gasteiger partial charge in [0.1, 0.15) is 5.52 Å². The molecule has 0 saturated heterocycles. The molecule has 1 saturated carbocycles. The molecule has 4 nitrogen and oxygen atoms in total. The molecule has 0 radical (unpaired) electrons. The molecular formula is C14H20N4. The fraction of sp³-hybridized carbons (Fsp3) is 0.571. The van der Waals surface area contributed by atoms with Crippen LogP contribution in [0.25, 0.3) is 5.52 Å². The zero-order valence-electron chi connectivity index (χ0n) is 11.4. The lowest BCUT2D eigenvalue weighted by Crippen LogP contribution is -2.11. The maximum atomic E-state index is 4.63. The van der Waals surface area contributed by atoms with E-state index in [4.69, 9.17) is 0 Å². The molecule has 2 aromatic rings. The van der Waals surface area contributed by atoms with Crippen molar-refractivity contribution in [3.8, 4) is 0 Å². The van der Waals surface area contributed by atoms with Gasteiger partial charge in [0.15, 0.2) is 5.82 Å². The second kappa shape index (κ2) is 3.70. The first-order valence-electron chi connectivity index (χ1n) is 6.56. The SMILES string of the molecule is CC1CC1Nc1nccn2nc(C(C)(C)C)cc12. The van der Waals surface area contributed by atoms with Crippen LogP contribution in [0.15, 0.2) is 18.5 Å². The van der Waals surface area contributed by atoms with Crippen LogP contribution in [0.1, 0.15) is 39.8 Å². The summed E-state index contributed by atoms with van der Waals surface area (Å²) in [6, 6.07) is 2.72. The van der Waals surface area contributed by atoms with E-state index >= 15 is 0 Å². The molecule has 2 aromatic heterocycles. The lowest BCUT2D eigenvalue weighted by Gasteiger charge is -2.13. The van der Waals surface area contributed by atoms with E-state index in [-0.39, 0.29) is 5.41 Å². The minimum Gasteiger partial charge on any atom is -0.365 e. The minimum absolute atomic E-state index is 0.0656. The molecule has 18 heavy (non-hydrogen) atoms. The molecule has 1 aliphatic rings. The van der Waals surface area contributed by atoms with E-state index in [9.17, 15) is 0 Å². The van der Waals surface area contributed by atoms with E-state index < -0.39 is 0 Å². The van der Waals surface area contributed by atoms with Gasteiger partial charge in [-0.1, -0.05) is 27.7 Å². The molecule has 2 unspecified atom stereocenters. The van der Waals surface area contributed by atoms with Gasteiger partial charge in [-0.3, -0.25) is 0 Å². The van der Waals surface area contributed by atoms with E-state index in [1.807, 2.05) is 16.9 Å². The summed E-state index contributed by atoms with van der Waals surface area (Å²) in [6.07, 6.45) is 4.96. The van der Waals surface area contributed by atoms with Crippen molar-refractivity contribution in [3.63, 3.8) is 0 Å². The largest absolute Gasteiger partial charge is 0.365 e. The van der Waals surface area contributed by atoms with Gasteiger partial charge < -0.3 is 5.32 Å². The van der Waals surface area contributed by atoms with Crippen LogP contribution in [-0.2, 0) is 5.41 Å². The standard InChI is InChI=1S/C14H20N4/c1-9-7-10(9)16-13-11-8-12(14(2,3)4)17-18(11)6-5-15-13/h5-6,8-10H,7H2,1-4H3,(H,15,16). The van der Waals surface area contributed by atoms with E-state index in [0.29, 0.717) is 6.04 Å². The van der Waals surface area contributed by atoms with Gasteiger partial charge in [-0.2, -0.15) is 5.10 Å². The van der Waals surface area contributed by atoms with Gasteiger partial charge in [0.25, 0.3) is 0 Å². The van der Waals surface area contributed by atoms with Crippen LogP contribution in [0.5, 0.6) is 0 Å². The first-order chi connectivity index (χ1) is 8.45. The highest BCUT2D eigenvalue weighted by Gasteiger charge is 2.33. The number of fused-ring (bicyclic) bond motifs is 1. The molecule has 0 amide bonds. The zero-order chi connectivity index (χ0) is 12.9. The zero-order valence-corrected chi connectivity index (χ0v) is 11.4. The van der Waals surface area contributed by atoms with Crippen LogP contribution in [-0.4, -0.2) is 20.6 Å². The van der Waals surface area contributed by atoms with E-state index in [0.717, 1.165) is 22.9 Å². The van der Waals surface area contributed by atoms with Gasteiger partial charge in [-0.25, -0.2) is 9.50 Å². The van der Waals surface area contributed by atoms with Crippen molar-refractivity contribution in [2.45, 2.75) is 45.6 Å². The number of hydrogen-bond acceptors (Lipinski definition) is 3. The van der Waals surface area contributed by atoms with Gasteiger partial charge in [-0.05, 0) is 18.4 Å². The smallest absolute Gasteiger partial charge is 0.152 e. The fourth-order valence-electron chi connectivity index (χ4n) is 2.10. The Bertz CT molecular complexity index is 579. The third-order valence-corrected chi connectivity index (χ3v) is 3.59. The maximum absolute atomic E-state index is 4.63. The third-order valence-electron chi connectivity index (χ3n) is 3.59. The van der Waals surface area contributed by atoms with Crippen LogP contribution >= 0.6 is 0 Å². The van der Waals surface area contributed by atoms with Crippen molar-refractivity contribution in [2.75, 3.05) is 5.32 Å². The van der Waals surface area contributed by atoms with Crippen LogP contribution in [0.3, 0.4) is 0 Å². The molecule has 1 N–H and O–H groups in total. The average Bonchev–Trinajstić information content (AvgIpc) is 2.78. The molecule has 4 heteroatoms. The van der Waals surface area contributed by atoms with Gasteiger partial charge in [0.2, 0.25) is 0 Å². The van der Waals surface area contributed by atoms with Gasteiger partial charge in [-0.15, -0.1) is 0 Å². The van der Waals surface area contributed by atoms with Crippen LogP contribution in [0, 0.1) is 5.92 Å². The number of aromatic nitrogens is 3. The normalized spacial score (nSPS) is 23.3. The summed E-state index contributed by atoms with van der Waals surface area (Å²) < 4.78 is 1.92. The van der Waals surface area contributed by atoms with E-state index in [1.54, 1.807) is 0 Å². The lowest BCUT2D eigenvalue weighted by molar-refractivity contribution is 0.562. The second-order valence-corrected chi connectivity index (χ2v) is 6.35. The predicted molar refractivity (Wildman–Crippen MR) is 72.9 cm³/mol. The molecule has 0 spiro atoms. The Morgan fingerprint density at radius 1 is 1.39 bits per heavy atom. The number of nitrogens with zero attached hydrogens (tertiary/aromatic N) is 3. The molecule has 0 aliphatic heterocycles. The summed E-state index contributed by atoms with van der Waals surface area (Å²) in [5.41, 5.74) is 2.24. The Morgan fingerprint density at radius 2 is 2.11 bits per heavy atom. The van der Waals surface area contributed by atoms with Crippen molar-refractivity contribution in [3.05, 3.63) is 24.2 Å². The highest BCUT2D eigenvalue weighted by Crippen LogP contribution is 2.33. The van der Waals surface area contributed by atoms with Crippen molar-refractivity contribution in [1.82, 2.24) is 14.6 Å². The summed E-state index contributed by atoms with van der Waals surface area (Å²) >= 11 is 0. The summed E-state index contributed by atoms with van der Waals surface area (Å²) in [5.74, 6) is 1.71. The third kappa shape index (κ3) is 1.96. The fourth-order valence-corrected chi connectivity index (χ4v) is 2.10. The van der Waals surface area contributed by atoms with Crippen LogP contribution in [0.2, 0.25) is 0 Å². The molecule has 2 heterocycles. The summed E-state index contributed by atoms with van der Waals surface area (Å²) in [7, 11) is 0. The molecule has 1 aliphatic carbocycles. The average molecular weight is 244 g/mol. The van der Waals surface area contributed by atoms with Crippen molar-refractivity contribution in [1.29, 1.82) is 0 Å².